The number of nitrogens with one attached hydrogen (secondary N) is 1. The summed E-state index contributed by atoms with van der Waals surface area (Å²) in [5.74, 6) is 0.940. The summed E-state index contributed by atoms with van der Waals surface area (Å²) in [5, 5.41) is 7.35. The van der Waals surface area contributed by atoms with Gasteiger partial charge in [-0.05, 0) is 74.0 Å². The summed E-state index contributed by atoms with van der Waals surface area (Å²) >= 11 is 0. The molecule has 32 heavy (non-hydrogen) atoms. The fraction of sp³-hybridized carbons (Fsp3) is 0.240. The van der Waals surface area contributed by atoms with Gasteiger partial charge in [0.15, 0.2) is 0 Å². The van der Waals surface area contributed by atoms with E-state index >= 15 is 0 Å². The zero-order chi connectivity index (χ0) is 21.8. The Morgan fingerprint density at radius 2 is 1.88 bits per heavy atom. The predicted octanol–water partition coefficient (Wildman–Crippen LogP) is 4.05. The van der Waals surface area contributed by atoms with E-state index in [1.54, 1.807) is 17.1 Å². The molecule has 1 unspecified atom stereocenters. The van der Waals surface area contributed by atoms with Crippen molar-refractivity contribution in [3.8, 4) is 11.5 Å². The van der Waals surface area contributed by atoms with Crippen molar-refractivity contribution in [3.05, 3.63) is 91.1 Å². The van der Waals surface area contributed by atoms with Crippen LogP contribution in [0.1, 0.15) is 25.0 Å². The summed E-state index contributed by atoms with van der Waals surface area (Å²) in [6, 6.07) is 19.5. The number of likely N-dealkylation sites (tertiary alicyclic amines) is 1. The quantitative estimate of drug-likeness (QED) is 0.505. The van der Waals surface area contributed by atoms with Crippen molar-refractivity contribution in [2.75, 3.05) is 11.9 Å². The fourth-order valence-electron chi connectivity index (χ4n) is 4.29. The van der Waals surface area contributed by atoms with Gasteiger partial charge in [-0.25, -0.2) is 9.67 Å². The maximum atomic E-state index is 13.2. The first-order chi connectivity index (χ1) is 15.8. The molecule has 1 N–H and O–H groups in total. The van der Waals surface area contributed by atoms with Crippen LogP contribution in [-0.2, 0) is 11.3 Å². The molecule has 1 saturated heterocycles. The monoisotopic (exact) mass is 426 g/mol. The van der Waals surface area contributed by atoms with Crippen LogP contribution in [0.3, 0.4) is 0 Å². The van der Waals surface area contributed by atoms with Gasteiger partial charge in [-0.2, -0.15) is 5.10 Å². The van der Waals surface area contributed by atoms with Gasteiger partial charge in [-0.1, -0.05) is 12.5 Å². The van der Waals surface area contributed by atoms with Crippen LogP contribution in [0.2, 0.25) is 0 Å². The number of pyridine rings is 1. The van der Waals surface area contributed by atoms with Crippen molar-refractivity contribution in [2.45, 2.75) is 31.8 Å². The molecule has 0 spiro atoms. The van der Waals surface area contributed by atoms with E-state index in [1.165, 1.54) is 0 Å². The molecule has 0 saturated carbocycles. The van der Waals surface area contributed by atoms with Crippen molar-refractivity contribution in [1.29, 1.82) is 0 Å². The molecule has 7 nitrogen and oxygen atoms in total. The van der Waals surface area contributed by atoms with Crippen LogP contribution in [0.15, 0.2) is 85.5 Å². The first-order valence-corrected chi connectivity index (χ1v) is 11.0. The molecule has 1 atom stereocenters. The van der Waals surface area contributed by atoms with Crippen molar-refractivity contribution in [2.24, 2.45) is 0 Å². The standard InChI is InChI=1S/C25H26N6O/c32-25(28-20-10-12-21(13-11-20)31-18-6-15-27-31)23-8-2-4-16-29(23)19-22-7-5-17-30(22)24-9-1-3-14-26-24/h1,3,5-7,9-15,17-18,23H,2,4,8,16,19H2,(H,28,32). The van der Waals surface area contributed by atoms with Crippen LogP contribution in [-0.4, -0.2) is 42.7 Å². The van der Waals surface area contributed by atoms with Crippen molar-refractivity contribution in [3.63, 3.8) is 0 Å². The number of nitrogens with zero attached hydrogens (tertiary/aromatic N) is 5. The maximum absolute atomic E-state index is 13.2. The molecular weight excluding hydrogens is 400 g/mol. The molecule has 4 heterocycles. The number of aromatic nitrogens is 4. The van der Waals surface area contributed by atoms with Gasteiger partial charge in [-0.3, -0.25) is 9.69 Å². The molecular formula is C25H26N6O. The predicted molar refractivity (Wildman–Crippen MR) is 124 cm³/mol. The third-order valence-electron chi connectivity index (χ3n) is 5.91. The molecule has 0 bridgehead atoms. The highest BCUT2D eigenvalue weighted by molar-refractivity contribution is 5.95. The van der Waals surface area contributed by atoms with Gasteiger partial charge >= 0.3 is 0 Å². The minimum atomic E-state index is -0.151. The molecule has 5 rings (SSSR count). The molecule has 3 aromatic heterocycles. The number of carbonyl (C=O) groups is 1. The average molecular weight is 427 g/mol. The van der Waals surface area contributed by atoms with E-state index in [9.17, 15) is 4.79 Å². The van der Waals surface area contributed by atoms with E-state index < -0.39 is 0 Å². The molecule has 162 valence electrons. The largest absolute Gasteiger partial charge is 0.325 e. The fourth-order valence-corrected chi connectivity index (χ4v) is 4.29. The number of benzene rings is 1. The van der Waals surface area contributed by atoms with Gasteiger partial charge in [0.2, 0.25) is 5.91 Å². The molecule has 0 aliphatic carbocycles. The minimum Gasteiger partial charge on any atom is -0.325 e. The Hall–Kier alpha value is -3.71. The number of piperidine rings is 1. The third kappa shape index (κ3) is 4.33. The lowest BCUT2D eigenvalue weighted by molar-refractivity contribution is -0.122. The second-order valence-corrected chi connectivity index (χ2v) is 8.03. The summed E-state index contributed by atoms with van der Waals surface area (Å²) in [5.41, 5.74) is 2.89. The van der Waals surface area contributed by atoms with Gasteiger partial charge in [-0.15, -0.1) is 0 Å². The van der Waals surface area contributed by atoms with Crippen LogP contribution in [0.5, 0.6) is 0 Å². The lowest BCUT2D eigenvalue weighted by Crippen LogP contribution is -2.46. The van der Waals surface area contributed by atoms with Crippen molar-refractivity contribution < 1.29 is 4.79 Å². The molecule has 1 aliphatic heterocycles. The second kappa shape index (κ2) is 9.20. The van der Waals surface area contributed by atoms with Crippen LogP contribution in [0.4, 0.5) is 5.69 Å². The Bertz CT molecular complexity index is 1150. The van der Waals surface area contributed by atoms with Gasteiger partial charge in [0.05, 0.1) is 11.7 Å². The number of carbonyl (C=O) groups excluding carboxylic acids is 1. The summed E-state index contributed by atoms with van der Waals surface area (Å²) in [6.07, 6.45) is 10.5. The van der Waals surface area contributed by atoms with E-state index in [1.807, 2.05) is 67.0 Å². The van der Waals surface area contributed by atoms with Gasteiger partial charge in [0, 0.05) is 42.7 Å². The molecule has 1 aromatic carbocycles. The summed E-state index contributed by atoms with van der Waals surface area (Å²) in [4.78, 5) is 19.9. The van der Waals surface area contributed by atoms with E-state index in [0.29, 0.717) is 6.54 Å². The lowest BCUT2D eigenvalue weighted by atomic mass is 10.0. The zero-order valence-electron chi connectivity index (χ0n) is 17.8. The Kier molecular flexibility index (Phi) is 5.81. The highest BCUT2D eigenvalue weighted by Gasteiger charge is 2.29. The van der Waals surface area contributed by atoms with Gasteiger partial charge < -0.3 is 9.88 Å². The van der Waals surface area contributed by atoms with E-state index in [2.05, 4.69) is 30.9 Å². The van der Waals surface area contributed by atoms with Crippen LogP contribution in [0, 0.1) is 0 Å². The molecule has 4 aromatic rings. The second-order valence-electron chi connectivity index (χ2n) is 8.03. The smallest absolute Gasteiger partial charge is 0.241 e. The average Bonchev–Trinajstić information content (AvgIpc) is 3.53. The normalized spacial score (nSPS) is 16.7. The van der Waals surface area contributed by atoms with Crippen molar-refractivity contribution in [1.82, 2.24) is 24.2 Å². The first kappa shape index (κ1) is 20.2. The highest BCUT2D eigenvalue weighted by atomic mass is 16.2. The maximum Gasteiger partial charge on any atom is 0.241 e. The number of hydrogen-bond acceptors (Lipinski definition) is 4. The Labute approximate surface area is 187 Å². The van der Waals surface area contributed by atoms with Crippen LogP contribution < -0.4 is 5.32 Å². The summed E-state index contributed by atoms with van der Waals surface area (Å²) in [7, 11) is 0. The number of rotatable bonds is 6. The van der Waals surface area contributed by atoms with Gasteiger partial charge in [0.1, 0.15) is 5.82 Å². The molecule has 1 amide bonds. The number of hydrogen-bond donors (Lipinski definition) is 1. The number of amides is 1. The number of anilines is 1. The Balaban J connectivity index is 1.29. The summed E-state index contributed by atoms with van der Waals surface area (Å²) in [6.45, 7) is 1.61. The Morgan fingerprint density at radius 1 is 0.969 bits per heavy atom. The highest BCUT2D eigenvalue weighted by Crippen LogP contribution is 2.23. The zero-order valence-corrected chi connectivity index (χ0v) is 17.8. The van der Waals surface area contributed by atoms with Crippen LogP contribution in [0.25, 0.3) is 11.5 Å². The van der Waals surface area contributed by atoms with E-state index in [4.69, 9.17) is 0 Å². The first-order valence-electron chi connectivity index (χ1n) is 11.0. The lowest BCUT2D eigenvalue weighted by Gasteiger charge is -2.34. The Morgan fingerprint density at radius 3 is 2.66 bits per heavy atom. The molecule has 1 aliphatic rings. The van der Waals surface area contributed by atoms with Crippen molar-refractivity contribution >= 4 is 11.6 Å². The molecule has 1 fully saturated rings. The van der Waals surface area contributed by atoms with E-state index in [0.717, 1.165) is 48.7 Å². The minimum absolute atomic E-state index is 0.0486. The van der Waals surface area contributed by atoms with E-state index in [-0.39, 0.29) is 11.9 Å². The van der Waals surface area contributed by atoms with Gasteiger partial charge in [0.25, 0.3) is 0 Å². The topological polar surface area (TPSA) is 68.0 Å². The third-order valence-corrected chi connectivity index (χ3v) is 5.91. The SMILES string of the molecule is O=C(Nc1ccc(-n2cccn2)cc1)C1CCCCN1Cc1cccn1-c1ccccn1. The molecule has 0 radical (unpaired) electrons. The van der Waals surface area contributed by atoms with Crippen LogP contribution >= 0.6 is 0 Å². The molecule has 7 heteroatoms. The summed E-state index contributed by atoms with van der Waals surface area (Å²) < 4.78 is 3.89.